The molecule has 16 heavy (non-hydrogen) atoms. The van der Waals surface area contributed by atoms with Crippen LogP contribution in [0.1, 0.15) is 56.6 Å². The van der Waals surface area contributed by atoms with Crippen LogP contribution in [0.4, 0.5) is 0 Å². The lowest BCUT2D eigenvalue weighted by molar-refractivity contribution is 0.431. The highest BCUT2D eigenvalue weighted by Gasteiger charge is 2.17. The van der Waals surface area contributed by atoms with E-state index in [0.29, 0.717) is 5.92 Å². The minimum Gasteiger partial charge on any atom is -0.324 e. The smallest absolute Gasteiger partial charge is 0.0644 e. The van der Waals surface area contributed by atoms with Crippen LogP contribution in [0.15, 0.2) is 0 Å². The highest BCUT2D eigenvalue weighted by Crippen LogP contribution is 2.22. The fraction of sp³-hybridized carbons (Fsp3) is 0.769. The van der Waals surface area contributed by atoms with Crippen molar-refractivity contribution >= 4 is 0 Å². The maximum atomic E-state index is 6.12. The van der Waals surface area contributed by atoms with E-state index >= 15 is 0 Å². The van der Waals surface area contributed by atoms with Gasteiger partial charge < -0.3 is 5.73 Å². The zero-order valence-electron chi connectivity index (χ0n) is 11.2. The molecular formula is C13H25N3. The lowest BCUT2D eigenvalue weighted by atomic mass is 10.0. The fourth-order valence-corrected chi connectivity index (χ4v) is 2.05. The van der Waals surface area contributed by atoms with Gasteiger partial charge in [-0.2, -0.15) is 5.10 Å². The fourth-order valence-electron chi connectivity index (χ4n) is 2.05. The second kappa shape index (κ2) is 5.48. The van der Waals surface area contributed by atoms with Crippen LogP contribution in [0.25, 0.3) is 0 Å². The zero-order valence-corrected chi connectivity index (χ0v) is 11.2. The third kappa shape index (κ3) is 2.64. The van der Waals surface area contributed by atoms with E-state index in [9.17, 15) is 0 Å². The van der Waals surface area contributed by atoms with E-state index in [1.54, 1.807) is 0 Å². The largest absolute Gasteiger partial charge is 0.324 e. The van der Waals surface area contributed by atoms with Gasteiger partial charge in [-0.15, -0.1) is 0 Å². The van der Waals surface area contributed by atoms with Gasteiger partial charge in [-0.05, 0) is 26.2 Å². The van der Waals surface area contributed by atoms with Crippen LogP contribution in [0.5, 0.6) is 0 Å². The molecule has 0 radical (unpaired) electrons. The Bertz CT molecular complexity index is 341. The highest BCUT2D eigenvalue weighted by molar-refractivity contribution is 5.27. The van der Waals surface area contributed by atoms with Gasteiger partial charge in [0.15, 0.2) is 0 Å². The van der Waals surface area contributed by atoms with E-state index in [0.717, 1.165) is 18.7 Å². The Labute approximate surface area is 99.0 Å². The normalized spacial score (nSPS) is 15.1. The Morgan fingerprint density at radius 1 is 1.25 bits per heavy atom. The number of aryl methyl sites for hydroxylation is 1. The number of rotatable bonds is 5. The minimum absolute atomic E-state index is 0.130. The van der Waals surface area contributed by atoms with Crippen molar-refractivity contribution in [3.8, 4) is 0 Å². The number of hydrogen-bond donors (Lipinski definition) is 1. The second-order valence-corrected chi connectivity index (χ2v) is 4.79. The monoisotopic (exact) mass is 223 g/mol. The Hall–Kier alpha value is -0.830. The molecule has 2 unspecified atom stereocenters. The van der Waals surface area contributed by atoms with E-state index < -0.39 is 0 Å². The zero-order chi connectivity index (χ0) is 12.3. The van der Waals surface area contributed by atoms with Crippen molar-refractivity contribution in [2.24, 2.45) is 11.7 Å². The Balaban J connectivity index is 2.97. The summed E-state index contributed by atoms with van der Waals surface area (Å²) in [6.45, 7) is 11.8. The van der Waals surface area contributed by atoms with Gasteiger partial charge in [0.2, 0.25) is 0 Å². The van der Waals surface area contributed by atoms with Crippen LogP contribution in [-0.2, 0) is 6.54 Å². The molecular weight excluding hydrogens is 198 g/mol. The average Bonchev–Trinajstić information content (AvgIpc) is 2.53. The summed E-state index contributed by atoms with van der Waals surface area (Å²) in [7, 11) is 0. The molecule has 0 aliphatic heterocycles. The molecule has 2 atom stereocenters. The molecule has 0 bridgehead atoms. The molecule has 0 aromatic carbocycles. The van der Waals surface area contributed by atoms with Crippen LogP contribution in [0.3, 0.4) is 0 Å². The quantitative estimate of drug-likeness (QED) is 0.834. The van der Waals surface area contributed by atoms with Gasteiger partial charge in [0.1, 0.15) is 0 Å². The van der Waals surface area contributed by atoms with Crippen molar-refractivity contribution in [1.29, 1.82) is 0 Å². The van der Waals surface area contributed by atoms with Crippen molar-refractivity contribution in [2.45, 2.75) is 60.0 Å². The van der Waals surface area contributed by atoms with Crippen LogP contribution in [0, 0.1) is 19.8 Å². The molecule has 0 amide bonds. The van der Waals surface area contributed by atoms with E-state index in [2.05, 4.69) is 44.4 Å². The molecule has 2 N–H and O–H groups in total. The topological polar surface area (TPSA) is 43.8 Å². The molecule has 3 nitrogen and oxygen atoms in total. The molecule has 1 aromatic heterocycles. The SMILES string of the molecule is CCC(C)Cn1nc(C)c(C(N)CC)c1C. The molecule has 0 saturated carbocycles. The van der Waals surface area contributed by atoms with Crippen molar-refractivity contribution in [3.05, 3.63) is 17.0 Å². The van der Waals surface area contributed by atoms with Crippen molar-refractivity contribution < 1.29 is 0 Å². The average molecular weight is 223 g/mol. The first-order chi connectivity index (χ1) is 7.51. The third-order valence-corrected chi connectivity index (χ3v) is 3.43. The number of aromatic nitrogens is 2. The number of nitrogens with two attached hydrogens (primary N) is 1. The van der Waals surface area contributed by atoms with Gasteiger partial charge in [0, 0.05) is 23.8 Å². The molecule has 1 rings (SSSR count). The highest BCUT2D eigenvalue weighted by atomic mass is 15.3. The first-order valence-corrected chi connectivity index (χ1v) is 6.30. The summed E-state index contributed by atoms with van der Waals surface area (Å²) in [6, 6.07) is 0.130. The van der Waals surface area contributed by atoms with E-state index in [1.165, 1.54) is 17.7 Å². The maximum absolute atomic E-state index is 6.12. The molecule has 0 saturated heterocycles. The van der Waals surface area contributed by atoms with Crippen molar-refractivity contribution in [1.82, 2.24) is 9.78 Å². The Morgan fingerprint density at radius 2 is 1.88 bits per heavy atom. The summed E-state index contributed by atoms with van der Waals surface area (Å²) in [6.07, 6.45) is 2.16. The molecule has 0 fully saturated rings. The first kappa shape index (κ1) is 13.2. The minimum atomic E-state index is 0.130. The molecule has 3 heteroatoms. The summed E-state index contributed by atoms with van der Waals surface area (Å²) < 4.78 is 2.12. The first-order valence-electron chi connectivity index (χ1n) is 6.30. The van der Waals surface area contributed by atoms with Gasteiger partial charge in [-0.3, -0.25) is 4.68 Å². The molecule has 92 valence electrons. The van der Waals surface area contributed by atoms with E-state index in [-0.39, 0.29) is 6.04 Å². The second-order valence-electron chi connectivity index (χ2n) is 4.79. The Kier molecular flexibility index (Phi) is 4.54. The van der Waals surface area contributed by atoms with Crippen LogP contribution < -0.4 is 5.73 Å². The summed E-state index contributed by atoms with van der Waals surface area (Å²) in [5, 5.41) is 4.60. The van der Waals surface area contributed by atoms with Gasteiger partial charge in [0.05, 0.1) is 5.69 Å². The van der Waals surface area contributed by atoms with Gasteiger partial charge in [-0.1, -0.05) is 27.2 Å². The molecule has 0 aliphatic carbocycles. The lowest BCUT2D eigenvalue weighted by Gasteiger charge is -2.12. The van der Waals surface area contributed by atoms with Crippen molar-refractivity contribution in [2.75, 3.05) is 0 Å². The van der Waals surface area contributed by atoms with Crippen molar-refractivity contribution in [3.63, 3.8) is 0 Å². The molecule has 0 aliphatic rings. The van der Waals surface area contributed by atoms with E-state index in [1.807, 2.05) is 0 Å². The molecule has 1 heterocycles. The Morgan fingerprint density at radius 3 is 2.38 bits per heavy atom. The predicted molar refractivity (Wildman–Crippen MR) is 68.4 cm³/mol. The van der Waals surface area contributed by atoms with E-state index in [4.69, 9.17) is 5.73 Å². The summed E-state index contributed by atoms with van der Waals surface area (Å²) in [4.78, 5) is 0. The van der Waals surface area contributed by atoms with Gasteiger partial charge >= 0.3 is 0 Å². The van der Waals surface area contributed by atoms with Crippen LogP contribution in [-0.4, -0.2) is 9.78 Å². The number of hydrogen-bond acceptors (Lipinski definition) is 2. The maximum Gasteiger partial charge on any atom is 0.0644 e. The van der Waals surface area contributed by atoms with Crippen LogP contribution >= 0.6 is 0 Å². The lowest BCUT2D eigenvalue weighted by Crippen LogP contribution is -2.13. The molecule has 0 spiro atoms. The summed E-state index contributed by atoms with van der Waals surface area (Å²) >= 11 is 0. The van der Waals surface area contributed by atoms with Gasteiger partial charge in [-0.25, -0.2) is 0 Å². The standard InChI is InChI=1S/C13H25N3/c1-6-9(3)8-16-11(5)13(10(4)15-16)12(14)7-2/h9,12H,6-8,14H2,1-5H3. The molecule has 1 aromatic rings. The number of nitrogens with zero attached hydrogens (tertiary/aromatic N) is 2. The third-order valence-electron chi connectivity index (χ3n) is 3.43. The summed E-state index contributed by atoms with van der Waals surface area (Å²) in [5.74, 6) is 0.670. The summed E-state index contributed by atoms with van der Waals surface area (Å²) in [5.41, 5.74) is 9.70. The van der Waals surface area contributed by atoms with Gasteiger partial charge in [0.25, 0.3) is 0 Å². The van der Waals surface area contributed by atoms with Crippen LogP contribution in [0.2, 0.25) is 0 Å². The predicted octanol–water partition coefficient (Wildman–Crippen LogP) is 2.96.